The first-order valence-corrected chi connectivity index (χ1v) is 10.7. The number of fused-ring (bicyclic) bond motifs is 2. The maximum atomic E-state index is 13.3. The van der Waals surface area contributed by atoms with Crippen molar-refractivity contribution in [1.29, 1.82) is 0 Å². The van der Waals surface area contributed by atoms with Crippen LogP contribution in [-0.4, -0.2) is 27.5 Å². The number of benzene rings is 2. The van der Waals surface area contributed by atoms with Gasteiger partial charge in [0.15, 0.2) is 18.1 Å². The van der Waals surface area contributed by atoms with Crippen molar-refractivity contribution >= 4 is 17.2 Å². The highest BCUT2D eigenvalue weighted by Crippen LogP contribution is 2.41. The molecule has 1 aliphatic heterocycles. The molecule has 162 valence electrons. The van der Waals surface area contributed by atoms with Crippen LogP contribution in [0.25, 0.3) is 5.65 Å². The van der Waals surface area contributed by atoms with Gasteiger partial charge in [0.1, 0.15) is 11.2 Å². The quantitative estimate of drug-likeness (QED) is 0.449. The van der Waals surface area contributed by atoms with E-state index in [1.165, 1.54) is 0 Å². The molecule has 0 saturated carbocycles. The molecule has 0 bridgehead atoms. The first kappa shape index (κ1) is 20.1. The van der Waals surface area contributed by atoms with E-state index in [9.17, 15) is 4.79 Å². The first-order valence-electron chi connectivity index (χ1n) is 10.7. The highest BCUT2D eigenvalue weighted by atomic mass is 16.5. The van der Waals surface area contributed by atoms with Gasteiger partial charge in [0, 0.05) is 23.9 Å². The number of hydrogen-bond donors (Lipinski definition) is 0. The first-order chi connectivity index (χ1) is 15.5. The van der Waals surface area contributed by atoms with E-state index in [2.05, 4.69) is 18.8 Å². The lowest BCUT2D eigenvalue weighted by Gasteiger charge is -2.23. The normalized spacial score (nSPS) is 14.1. The molecule has 2 aromatic carbocycles. The highest BCUT2D eigenvalue weighted by molar-refractivity contribution is 5.94. The second kappa shape index (κ2) is 8.04. The molecular formula is C26H25N3O3. The van der Waals surface area contributed by atoms with Gasteiger partial charge in [-0.05, 0) is 44.2 Å². The molecule has 32 heavy (non-hydrogen) atoms. The van der Waals surface area contributed by atoms with Crippen molar-refractivity contribution in [2.24, 2.45) is 0 Å². The number of ether oxygens (including phenoxy) is 2. The summed E-state index contributed by atoms with van der Waals surface area (Å²) in [6, 6.07) is 21.3. The molecule has 0 aliphatic carbocycles. The van der Waals surface area contributed by atoms with Crippen LogP contribution in [0.4, 0.5) is 5.69 Å². The number of nitrogens with zero attached hydrogens (tertiary/aromatic N) is 3. The number of para-hydroxylation sites is 2. The molecule has 6 heteroatoms. The summed E-state index contributed by atoms with van der Waals surface area (Å²) in [5, 5.41) is 0. The van der Waals surface area contributed by atoms with E-state index in [1.54, 1.807) is 11.1 Å². The maximum absolute atomic E-state index is 13.3. The average Bonchev–Trinajstić information content (AvgIpc) is 3.35. The number of carbonyl (C=O) groups excluding carboxylic acids is 1. The largest absolute Gasteiger partial charge is 0.483 e. The molecule has 0 N–H and O–H groups in total. The molecule has 0 unspecified atom stereocenters. The van der Waals surface area contributed by atoms with Crippen molar-refractivity contribution in [3.05, 3.63) is 90.4 Å². The summed E-state index contributed by atoms with van der Waals surface area (Å²) in [5.41, 5.74) is 3.40. The van der Waals surface area contributed by atoms with E-state index < -0.39 is 0 Å². The number of amides is 1. The predicted octanol–water partition coefficient (Wildman–Crippen LogP) is 4.66. The van der Waals surface area contributed by atoms with Gasteiger partial charge in [0.2, 0.25) is 0 Å². The van der Waals surface area contributed by atoms with Crippen molar-refractivity contribution in [2.75, 3.05) is 11.5 Å². The Morgan fingerprint density at radius 1 is 1.09 bits per heavy atom. The fourth-order valence-electron chi connectivity index (χ4n) is 4.11. The molecular weight excluding hydrogens is 402 g/mol. The smallest absolute Gasteiger partial charge is 0.265 e. The van der Waals surface area contributed by atoms with Crippen LogP contribution >= 0.6 is 0 Å². The molecule has 2 aromatic heterocycles. The van der Waals surface area contributed by atoms with E-state index in [1.807, 2.05) is 77.3 Å². The molecule has 0 radical (unpaired) electrons. The molecule has 0 fully saturated rings. The van der Waals surface area contributed by atoms with Crippen molar-refractivity contribution < 1.29 is 14.3 Å². The Kier molecular flexibility index (Phi) is 5.05. The zero-order valence-electron chi connectivity index (χ0n) is 18.2. The molecule has 0 saturated heterocycles. The molecule has 3 heterocycles. The van der Waals surface area contributed by atoms with Crippen LogP contribution < -0.4 is 14.4 Å². The Balaban J connectivity index is 1.38. The van der Waals surface area contributed by atoms with E-state index in [-0.39, 0.29) is 18.1 Å². The number of aromatic nitrogens is 2. The number of anilines is 1. The van der Waals surface area contributed by atoms with Gasteiger partial charge in [-0.25, -0.2) is 4.98 Å². The Bertz CT molecular complexity index is 1260. The Morgan fingerprint density at radius 3 is 2.75 bits per heavy atom. The van der Waals surface area contributed by atoms with Gasteiger partial charge in [-0.3, -0.25) is 4.79 Å². The Morgan fingerprint density at radius 2 is 1.91 bits per heavy atom. The van der Waals surface area contributed by atoms with Crippen LogP contribution in [0, 0.1) is 0 Å². The SMILES string of the molecule is CC1(C)Cc2cccc(OCC(=O)N(Cc3cnc4ccccn34)c3ccccc3)c2O1. The van der Waals surface area contributed by atoms with Gasteiger partial charge in [0.25, 0.3) is 5.91 Å². The molecule has 6 nitrogen and oxygen atoms in total. The molecule has 0 atom stereocenters. The summed E-state index contributed by atoms with van der Waals surface area (Å²) in [4.78, 5) is 19.5. The zero-order chi connectivity index (χ0) is 22.1. The lowest BCUT2D eigenvalue weighted by Crippen LogP contribution is -2.35. The predicted molar refractivity (Wildman–Crippen MR) is 123 cm³/mol. The number of hydrogen-bond acceptors (Lipinski definition) is 4. The van der Waals surface area contributed by atoms with Gasteiger partial charge < -0.3 is 18.8 Å². The van der Waals surface area contributed by atoms with E-state index in [0.717, 1.165) is 34.8 Å². The third-order valence-electron chi connectivity index (χ3n) is 5.59. The van der Waals surface area contributed by atoms with Crippen molar-refractivity contribution in [3.8, 4) is 11.5 Å². The fraction of sp³-hybridized carbons (Fsp3) is 0.231. The average molecular weight is 428 g/mol. The summed E-state index contributed by atoms with van der Waals surface area (Å²) < 4.78 is 14.0. The Labute approximate surface area is 187 Å². The fourth-order valence-corrected chi connectivity index (χ4v) is 4.11. The van der Waals surface area contributed by atoms with E-state index in [4.69, 9.17) is 9.47 Å². The minimum Gasteiger partial charge on any atom is -0.483 e. The van der Waals surface area contributed by atoms with Crippen LogP contribution in [0.1, 0.15) is 25.1 Å². The minimum atomic E-state index is -0.273. The number of imidazole rings is 1. The molecule has 1 aliphatic rings. The summed E-state index contributed by atoms with van der Waals surface area (Å²) in [7, 11) is 0. The van der Waals surface area contributed by atoms with Gasteiger partial charge >= 0.3 is 0 Å². The van der Waals surface area contributed by atoms with Crippen LogP contribution in [-0.2, 0) is 17.8 Å². The number of carbonyl (C=O) groups is 1. The van der Waals surface area contributed by atoms with Crippen molar-refractivity contribution in [2.45, 2.75) is 32.4 Å². The van der Waals surface area contributed by atoms with Crippen LogP contribution in [0.5, 0.6) is 11.5 Å². The van der Waals surface area contributed by atoms with Gasteiger partial charge in [-0.15, -0.1) is 0 Å². The summed E-state index contributed by atoms with van der Waals surface area (Å²) >= 11 is 0. The maximum Gasteiger partial charge on any atom is 0.265 e. The van der Waals surface area contributed by atoms with E-state index in [0.29, 0.717) is 12.3 Å². The molecule has 1 amide bonds. The third-order valence-corrected chi connectivity index (χ3v) is 5.59. The standard InChI is InChI=1S/C26H25N3O3/c1-26(2)15-19-9-8-12-22(25(19)32-26)31-18-24(30)29(20-10-4-3-5-11-20)17-21-16-27-23-13-6-7-14-28(21)23/h3-14,16H,15,17-18H2,1-2H3. The second-order valence-corrected chi connectivity index (χ2v) is 8.57. The van der Waals surface area contributed by atoms with Crippen LogP contribution in [0.15, 0.2) is 79.1 Å². The highest BCUT2D eigenvalue weighted by Gasteiger charge is 2.32. The van der Waals surface area contributed by atoms with Gasteiger partial charge in [0.05, 0.1) is 18.4 Å². The summed E-state index contributed by atoms with van der Waals surface area (Å²) in [6.07, 6.45) is 4.57. The third kappa shape index (κ3) is 3.91. The summed E-state index contributed by atoms with van der Waals surface area (Å²) in [5.74, 6) is 1.19. The van der Waals surface area contributed by atoms with Crippen molar-refractivity contribution in [3.63, 3.8) is 0 Å². The molecule has 0 spiro atoms. The van der Waals surface area contributed by atoms with E-state index >= 15 is 0 Å². The second-order valence-electron chi connectivity index (χ2n) is 8.57. The van der Waals surface area contributed by atoms with Crippen LogP contribution in [0.3, 0.4) is 0 Å². The Hall–Kier alpha value is -3.80. The van der Waals surface area contributed by atoms with Crippen LogP contribution in [0.2, 0.25) is 0 Å². The lowest BCUT2D eigenvalue weighted by atomic mass is 10.0. The number of rotatable bonds is 6. The lowest BCUT2D eigenvalue weighted by molar-refractivity contribution is -0.120. The minimum absolute atomic E-state index is 0.0914. The van der Waals surface area contributed by atoms with Crippen molar-refractivity contribution in [1.82, 2.24) is 9.38 Å². The topological polar surface area (TPSA) is 56.1 Å². The van der Waals surface area contributed by atoms with Gasteiger partial charge in [-0.2, -0.15) is 0 Å². The summed E-state index contributed by atoms with van der Waals surface area (Å²) in [6.45, 7) is 4.39. The molecule has 5 rings (SSSR count). The molecule has 4 aromatic rings. The number of pyridine rings is 1. The van der Waals surface area contributed by atoms with Gasteiger partial charge in [-0.1, -0.05) is 36.4 Å². The zero-order valence-corrected chi connectivity index (χ0v) is 18.2. The monoisotopic (exact) mass is 427 g/mol.